The van der Waals surface area contributed by atoms with Gasteiger partial charge >= 0.3 is 6.18 Å². The van der Waals surface area contributed by atoms with Gasteiger partial charge in [-0.3, -0.25) is 14.9 Å². The molecule has 0 saturated heterocycles. The van der Waals surface area contributed by atoms with Crippen molar-refractivity contribution in [1.29, 1.82) is 0 Å². The first-order chi connectivity index (χ1) is 13.2. The summed E-state index contributed by atoms with van der Waals surface area (Å²) in [6.07, 6.45) is -2.49. The van der Waals surface area contributed by atoms with Gasteiger partial charge in [0.25, 0.3) is 0 Å². The molecule has 28 heavy (non-hydrogen) atoms. The minimum absolute atomic E-state index is 0.0828. The van der Waals surface area contributed by atoms with E-state index in [-0.39, 0.29) is 18.1 Å². The van der Waals surface area contributed by atoms with Crippen LogP contribution in [0.5, 0.6) is 0 Å². The lowest BCUT2D eigenvalue weighted by Crippen LogP contribution is -2.36. The molecule has 1 aromatic heterocycles. The molecule has 1 atom stereocenters. The van der Waals surface area contributed by atoms with Gasteiger partial charge < -0.3 is 5.32 Å². The second kappa shape index (κ2) is 7.78. The zero-order valence-corrected chi connectivity index (χ0v) is 15.6. The van der Waals surface area contributed by atoms with Gasteiger partial charge in [-0.1, -0.05) is 24.9 Å². The number of nitrogens with one attached hydrogen (secondary N) is 2. The molecular weight excluding hydrogens is 399 g/mol. The zero-order chi connectivity index (χ0) is 20.5. The number of nitrogens with zero attached hydrogens (tertiary/aromatic N) is 3. The normalized spacial score (nSPS) is 16.5. The average molecular weight is 416 g/mol. The number of unbranched alkanes of at least 4 members (excludes halogenated alkanes) is 1. The van der Waals surface area contributed by atoms with Crippen molar-refractivity contribution in [2.45, 2.75) is 44.8 Å². The highest BCUT2D eigenvalue weighted by molar-refractivity contribution is 6.31. The summed E-state index contributed by atoms with van der Waals surface area (Å²) in [7, 11) is 0. The maximum absolute atomic E-state index is 13.0. The van der Waals surface area contributed by atoms with E-state index in [1.807, 2.05) is 6.92 Å². The minimum Gasteiger partial charge on any atom is -0.324 e. The minimum atomic E-state index is -4.66. The Morgan fingerprint density at radius 2 is 2.18 bits per heavy atom. The molecule has 1 aromatic carbocycles. The Kier molecular flexibility index (Phi) is 5.59. The summed E-state index contributed by atoms with van der Waals surface area (Å²) in [6.45, 7) is 2.01. The van der Waals surface area contributed by atoms with E-state index < -0.39 is 34.6 Å². The van der Waals surface area contributed by atoms with E-state index in [1.165, 1.54) is 10.7 Å². The summed E-state index contributed by atoms with van der Waals surface area (Å²) < 4.78 is 40.3. The first-order valence-electron chi connectivity index (χ1n) is 8.62. The van der Waals surface area contributed by atoms with Gasteiger partial charge in [-0.2, -0.15) is 23.3 Å². The second-order valence-corrected chi connectivity index (χ2v) is 6.76. The van der Waals surface area contributed by atoms with E-state index in [0.29, 0.717) is 12.2 Å². The first-order valence-corrected chi connectivity index (χ1v) is 8.99. The van der Waals surface area contributed by atoms with Gasteiger partial charge in [-0.25, -0.2) is 4.68 Å². The highest BCUT2D eigenvalue weighted by Crippen LogP contribution is 2.36. The van der Waals surface area contributed by atoms with Gasteiger partial charge in [0.1, 0.15) is 6.04 Å². The van der Waals surface area contributed by atoms with Crippen LogP contribution < -0.4 is 10.6 Å². The predicted octanol–water partition coefficient (Wildman–Crippen LogP) is 3.81. The number of hydrogen-bond acceptors (Lipinski definition) is 4. The van der Waals surface area contributed by atoms with Crippen LogP contribution in [0.1, 0.15) is 43.6 Å². The first kappa shape index (κ1) is 20.1. The van der Waals surface area contributed by atoms with Gasteiger partial charge in [0, 0.05) is 12.1 Å². The van der Waals surface area contributed by atoms with Gasteiger partial charge in [-0.15, -0.1) is 0 Å². The molecular formula is C17H17ClF3N5O2. The molecule has 0 radical (unpaired) electrons. The Morgan fingerprint density at radius 3 is 2.86 bits per heavy atom. The maximum Gasteiger partial charge on any atom is 0.417 e. The van der Waals surface area contributed by atoms with Crippen LogP contribution in [-0.4, -0.2) is 26.6 Å². The Labute approximate surface area is 163 Å². The van der Waals surface area contributed by atoms with Crippen LogP contribution in [0.3, 0.4) is 0 Å². The Morgan fingerprint density at radius 1 is 1.43 bits per heavy atom. The summed E-state index contributed by atoms with van der Waals surface area (Å²) in [5.41, 5.74) is -1.14. The van der Waals surface area contributed by atoms with Crippen molar-refractivity contribution in [2.24, 2.45) is 0 Å². The van der Waals surface area contributed by atoms with Crippen molar-refractivity contribution in [3.05, 3.63) is 34.6 Å². The lowest BCUT2D eigenvalue weighted by atomic mass is 10.1. The molecule has 3 rings (SSSR count). The molecule has 0 unspecified atom stereocenters. The van der Waals surface area contributed by atoms with E-state index in [1.54, 1.807) is 0 Å². The van der Waals surface area contributed by atoms with E-state index in [2.05, 4.69) is 20.7 Å². The third-order valence-electron chi connectivity index (χ3n) is 4.20. The summed E-state index contributed by atoms with van der Waals surface area (Å²) in [6, 6.07) is 2.04. The maximum atomic E-state index is 13.0. The molecule has 11 heteroatoms. The Balaban J connectivity index is 1.84. The monoisotopic (exact) mass is 415 g/mol. The van der Waals surface area contributed by atoms with Crippen molar-refractivity contribution >= 4 is 35.1 Å². The average Bonchev–Trinajstić information content (AvgIpc) is 3.02. The van der Waals surface area contributed by atoms with Crippen LogP contribution in [0.15, 0.2) is 18.2 Å². The molecule has 0 fully saturated rings. The number of rotatable bonds is 5. The molecule has 0 aliphatic carbocycles. The van der Waals surface area contributed by atoms with E-state index in [9.17, 15) is 22.8 Å². The molecule has 2 heterocycles. The van der Waals surface area contributed by atoms with E-state index >= 15 is 0 Å². The molecule has 1 aliphatic rings. The van der Waals surface area contributed by atoms with Crippen LogP contribution in [0.4, 0.5) is 24.8 Å². The smallest absolute Gasteiger partial charge is 0.324 e. The summed E-state index contributed by atoms with van der Waals surface area (Å²) in [5, 5.41) is 8.74. The number of alkyl halides is 3. The highest BCUT2D eigenvalue weighted by Gasteiger charge is 2.35. The summed E-state index contributed by atoms with van der Waals surface area (Å²) in [4.78, 5) is 28.8. The molecule has 1 aliphatic heterocycles. The van der Waals surface area contributed by atoms with Crippen molar-refractivity contribution < 1.29 is 22.8 Å². The van der Waals surface area contributed by atoms with Crippen molar-refractivity contribution in [1.82, 2.24) is 14.8 Å². The summed E-state index contributed by atoms with van der Waals surface area (Å²) >= 11 is 5.59. The van der Waals surface area contributed by atoms with Gasteiger partial charge in [0.05, 0.1) is 17.0 Å². The highest BCUT2D eigenvalue weighted by atomic mass is 35.5. The van der Waals surface area contributed by atoms with Gasteiger partial charge in [-0.05, 0) is 24.6 Å². The largest absolute Gasteiger partial charge is 0.417 e. The number of halogens is 4. The number of aromatic nitrogens is 3. The molecule has 2 aromatic rings. The fourth-order valence-electron chi connectivity index (χ4n) is 2.80. The zero-order valence-electron chi connectivity index (χ0n) is 14.8. The number of anilines is 2. The molecule has 7 nitrogen and oxygen atoms in total. The number of carbonyl (C=O) groups excluding carboxylic acids is 2. The molecule has 2 N–H and O–H groups in total. The Bertz CT molecular complexity index is 913. The quantitative estimate of drug-likeness (QED) is 0.777. The molecule has 150 valence electrons. The molecule has 0 bridgehead atoms. The van der Waals surface area contributed by atoms with Crippen LogP contribution in [-0.2, 0) is 22.2 Å². The van der Waals surface area contributed by atoms with E-state index in [0.717, 1.165) is 25.0 Å². The predicted molar refractivity (Wildman–Crippen MR) is 96.0 cm³/mol. The molecule has 0 saturated carbocycles. The van der Waals surface area contributed by atoms with E-state index in [4.69, 9.17) is 11.6 Å². The SMILES string of the molecule is CCCCc1nc2n(n1)[C@H](C(=O)Nc1ccc(Cl)c(C(F)(F)F)c1)CC(=O)N2. The number of amides is 2. The molecule has 0 spiro atoms. The lowest BCUT2D eigenvalue weighted by molar-refractivity contribution is -0.137. The number of carbonyl (C=O) groups is 2. The van der Waals surface area contributed by atoms with Crippen LogP contribution in [0.2, 0.25) is 5.02 Å². The van der Waals surface area contributed by atoms with Gasteiger partial charge in [0.15, 0.2) is 5.82 Å². The fraction of sp³-hybridized carbons (Fsp3) is 0.412. The van der Waals surface area contributed by atoms with Gasteiger partial charge in [0.2, 0.25) is 17.8 Å². The van der Waals surface area contributed by atoms with Crippen molar-refractivity contribution in [3.63, 3.8) is 0 Å². The number of benzene rings is 1. The molecule has 2 amide bonds. The topological polar surface area (TPSA) is 88.9 Å². The number of fused-ring (bicyclic) bond motifs is 1. The van der Waals surface area contributed by atoms with Crippen molar-refractivity contribution in [2.75, 3.05) is 10.6 Å². The fourth-order valence-corrected chi connectivity index (χ4v) is 3.02. The third kappa shape index (κ3) is 4.27. The van der Waals surface area contributed by atoms with Crippen LogP contribution in [0, 0.1) is 0 Å². The van der Waals surface area contributed by atoms with Crippen LogP contribution in [0.25, 0.3) is 0 Å². The third-order valence-corrected chi connectivity index (χ3v) is 4.53. The lowest BCUT2D eigenvalue weighted by Gasteiger charge is -2.22. The summed E-state index contributed by atoms with van der Waals surface area (Å²) in [5.74, 6) is -0.454. The second-order valence-electron chi connectivity index (χ2n) is 6.35. The van der Waals surface area contributed by atoms with Crippen LogP contribution >= 0.6 is 11.6 Å². The number of aryl methyl sites for hydroxylation is 1. The standard InChI is InChI=1S/C17H17ClF3N5O2/c1-2-3-4-13-23-16-24-14(27)8-12(26(16)25-13)15(28)22-9-5-6-11(18)10(7-9)17(19,20)21/h5-7,12H,2-4,8H2,1H3,(H,22,28)(H,23,24,25,27)/t12-/m0/s1. The van der Waals surface area contributed by atoms with Crippen molar-refractivity contribution in [3.8, 4) is 0 Å². The Hall–Kier alpha value is -2.62. The number of hydrogen-bond donors (Lipinski definition) is 2.